The van der Waals surface area contributed by atoms with E-state index in [1.807, 2.05) is 31.2 Å². The summed E-state index contributed by atoms with van der Waals surface area (Å²) in [6.45, 7) is 2.01. The number of carbonyl (C=O) groups is 1. The highest BCUT2D eigenvalue weighted by Crippen LogP contribution is 2.27. The van der Waals surface area contributed by atoms with Gasteiger partial charge in [-0.2, -0.15) is 0 Å². The molecule has 1 aromatic carbocycles. The molecule has 3 N–H and O–H groups in total. The lowest BCUT2D eigenvalue weighted by Gasteiger charge is -2.04. The van der Waals surface area contributed by atoms with E-state index in [1.165, 1.54) is 29.6 Å². The smallest absolute Gasteiger partial charge is 0.337 e. The molecule has 1 heterocycles. The van der Waals surface area contributed by atoms with Crippen LogP contribution in [0.3, 0.4) is 0 Å². The summed E-state index contributed by atoms with van der Waals surface area (Å²) in [6, 6.07) is 9.43. The second-order valence-corrected chi connectivity index (χ2v) is 4.92. The maximum atomic E-state index is 11.0. The average molecular weight is 260 g/mol. The molecule has 0 saturated heterocycles. The van der Waals surface area contributed by atoms with Gasteiger partial charge in [0.05, 0.1) is 17.4 Å². The zero-order valence-electron chi connectivity index (χ0n) is 9.75. The van der Waals surface area contributed by atoms with Crippen LogP contribution in [0.2, 0.25) is 0 Å². The van der Waals surface area contributed by atoms with Crippen molar-refractivity contribution in [1.29, 1.82) is 0 Å². The molecule has 2 rings (SSSR count). The maximum absolute atomic E-state index is 11.0. The molecule has 0 aliphatic heterocycles. The van der Waals surface area contributed by atoms with Crippen LogP contribution >= 0.6 is 11.8 Å². The molecule has 2 aromatic rings. The lowest BCUT2D eigenvalue weighted by Crippen LogP contribution is -2.03. The highest BCUT2D eigenvalue weighted by molar-refractivity contribution is 7.99. The van der Waals surface area contributed by atoms with Gasteiger partial charge in [-0.15, -0.1) is 0 Å². The summed E-state index contributed by atoms with van der Waals surface area (Å²) in [7, 11) is 0. The molecular weight excluding hydrogens is 248 g/mol. The number of hydrogen-bond acceptors (Lipinski definition) is 4. The first-order valence-electron chi connectivity index (χ1n) is 5.29. The van der Waals surface area contributed by atoms with Gasteiger partial charge in [-0.05, 0) is 25.1 Å². The van der Waals surface area contributed by atoms with Crippen LogP contribution in [0.25, 0.3) is 0 Å². The van der Waals surface area contributed by atoms with Crippen molar-refractivity contribution in [1.82, 2.24) is 4.98 Å². The fraction of sp³-hybridized carbons (Fsp3) is 0.0769. The third-order valence-electron chi connectivity index (χ3n) is 2.38. The molecule has 0 spiro atoms. The summed E-state index contributed by atoms with van der Waals surface area (Å²) in [4.78, 5) is 16.1. The van der Waals surface area contributed by atoms with E-state index in [0.717, 1.165) is 4.90 Å². The molecule has 0 bridgehead atoms. The van der Waals surface area contributed by atoms with Gasteiger partial charge >= 0.3 is 5.97 Å². The molecule has 0 fully saturated rings. The first kappa shape index (κ1) is 12.4. The zero-order chi connectivity index (χ0) is 13.1. The summed E-state index contributed by atoms with van der Waals surface area (Å²) in [5, 5.41) is 9.59. The Morgan fingerprint density at radius 2 is 2.00 bits per heavy atom. The fourth-order valence-corrected chi connectivity index (χ4v) is 2.21. The van der Waals surface area contributed by atoms with Gasteiger partial charge in [-0.3, -0.25) is 0 Å². The topological polar surface area (TPSA) is 76.2 Å². The predicted molar refractivity (Wildman–Crippen MR) is 70.9 cm³/mol. The van der Waals surface area contributed by atoms with Gasteiger partial charge in [-0.1, -0.05) is 29.5 Å². The van der Waals surface area contributed by atoms with E-state index < -0.39 is 5.97 Å². The minimum Gasteiger partial charge on any atom is -0.478 e. The number of rotatable bonds is 3. The van der Waals surface area contributed by atoms with Gasteiger partial charge in [0.1, 0.15) is 5.03 Å². The standard InChI is InChI=1S/C13H12N2O2S/c1-8-2-4-9(5-3-8)18-12-6-10(13(16)17)11(14)7-15-12/h2-7H,14H2,1H3,(H,16,17). The highest BCUT2D eigenvalue weighted by atomic mass is 32.2. The van der Waals surface area contributed by atoms with Crippen LogP contribution in [-0.4, -0.2) is 16.1 Å². The van der Waals surface area contributed by atoms with Crippen LogP contribution in [0.4, 0.5) is 5.69 Å². The first-order chi connectivity index (χ1) is 8.56. The van der Waals surface area contributed by atoms with Crippen molar-refractivity contribution in [3.8, 4) is 0 Å². The Hall–Kier alpha value is -2.01. The van der Waals surface area contributed by atoms with E-state index in [9.17, 15) is 4.79 Å². The Labute approximate surface area is 109 Å². The Morgan fingerprint density at radius 1 is 1.33 bits per heavy atom. The molecule has 0 aliphatic carbocycles. The van der Waals surface area contributed by atoms with Gasteiger partial charge in [-0.25, -0.2) is 9.78 Å². The summed E-state index contributed by atoms with van der Waals surface area (Å²) < 4.78 is 0. The van der Waals surface area contributed by atoms with Crippen LogP contribution in [-0.2, 0) is 0 Å². The number of nitrogens with zero attached hydrogens (tertiary/aromatic N) is 1. The number of hydrogen-bond donors (Lipinski definition) is 2. The minimum absolute atomic E-state index is 0.0830. The highest BCUT2D eigenvalue weighted by Gasteiger charge is 2.10. The number of nitrogen functional groups attached to an aromatic ring is 1. The number of aromatic carboxylic acids is 1. The van der Waals surface area contributed by atoms with Crippen molar-refractivity contribution in [3.05, 3.63) is 47.7 Å². The molecule has 0 radical (unpaired) electrons. The summed E-state index contributed by atoms with van der Waals surface area (Å²) in [6.07, 6.45) is 1.37. The molecule has 0 unspecified atom stereocenters. The molecule has 0 amide bonds. The Bertz CT molecular complexity index is 582. The fourth-order valence-electron chi connectivity index (χ4n) is 1.41. The molecule has 18 heavy (non-hydrogen) atoms. The monoisotopic (exact) mass is 260 g/mol. The normalized spacial score (nSPS) is 10.3. The van der Waals surface area contributed by atoms with Crippen molar-refractivity contribution in [2.45, 2.75) is 16.8 Å². The Balaban J connectivity index is 2.27. The Kier molecular flexibility index (Phi) is 3.53. The first-order valence-corrected chi connectivity index (χ1v) is 6.11. The summed E-state index contributed by atoms with van der Waals surface area (Å²) >= 11 is 1.41. The maximum Gasteiger partial charge on any atom is 0.337 e. The molecular formula is C13H12N2O2S. The van der Waals surface area contributed by atoms with Crippen molar-refractivity contribution in [2.24, 2.45) is 0 Å². The van der Waals surface area contributed by atoms with E-state index in [-0.39, 0.29) is 11.3 Å². The van der Waals surface area contributed by atoms with Gasteiger partial charge in [0.15, 0.2) is 0 Å². The predicted octanol–water partition coefficient (Wildman–Crippen LogP) is 2.82. The largest absolute Gasteiger partial charge is 0.478 e. The number of carboxylic acids is 1. The second kappa shape index (κ2) is 5.10. The average Bonchev–Trinajstić information content (AvgIpc) is 2.34. The number of aryl methyl sites for hydroxylation is 1. The molecule has 92 valence electrons. The zero-order valence-corrected chi connectivity index (χ0v) is 10.6. The van der Waals surface area contributed by atoms with Crippen molar-refractivity contribution in [2.75, 3.05) is 5.73 Å². The number of aromatic nitrogens is 1. The van der Waals surface area contributed by atoms with Gasteiger partial charge in [0.25, 0.3) is 0 Å². The van der Waals surface area contributed by atoms with Crippen LogP contribution in [0.15, 0.2) is 46.5 Å². The molecule has 5 heteroatoms. The molecule has 0 saturated carbocycles. The molecule has 1 aromatic heterocycles. The van der Waals surface area contributed by atoms with Crippen LogP contribution in [0.1, 0.15) is 15.9 Å². The van der Waals surface area contributed by atoms with E-state index in [1.54, 1.807) is 0 Å². The number of benzene rings is 1. The molecule has 0 atom stereocenters. The molecule has 0 aliphatic rings. The lowest BCUT2D eigenvalue weighted by atomic mass is 10.2. The lowest BCUT2D eigenvalue weighted by molar-refractivity contribution is 0.0697. The van der Waals surface area contributed by atoms with Gasteiger partial charge in [0, 0.05) is 4.90 Å². The summed E-state index contributed by atoms with van der Waals surface area (Å²) in [5.74, 6) is -1.04. The second-order valence-electron chi connectivity index (χ2n) is 3.83. The van der Waals surface area contributed by atoms with E-state index >= 15 is 0 Å². The van der Waals surface area contributed by atoms with Crippen LogP contribution in [0, 0.1) is 6.92 Å². The quantitative estimate of drug-likeness (QED) is 0.887. The van der Waals surface area contributed by atoms with Crippen molar-refractivity contribution in [3.63, 3.8) is 0 Å². The number of nitrogens with two attached hydrogens (primary N) is 1. The third-order valence-corrected chi connectivity index (χ3v) is 3.32. The van der Waals surface area contributed by atoms with Crippen LogP contribution < -0.4 is 5.73 Å². The third kappa shape index (κ3) is 2.81. The van der Waals surface area contributed by atoms with Crippen molar-refractivity contribution >= 4 is 23.4 Å². The van der Waals surface area contributed by atoms with Gasteiger partial charge < -0.3 is 10.8 Å². The number of carboxylic acid groups (broad SMARTS) is 1. The molecule has 4 nitrogen and oxygen atoms in total. The Morgan fingerprint density at radius 3 is 2.61 bits per heavy atom. The summed E-state index contributed by atoms with van der Waals surface area (Å²) in [5.41, 5.74) is 6.99. The number of pyridine rings is 1. The van der Waals surface area contributed by atoms with Crippen LogP contribution in [0.5, 0.6) is 0 Å². The van der Waals surface area contributed by atoms with E-state index in [4.69, 9.17) is 10.8 Å². The SMILES string of the molecule is Cc1ccc(Sc2cc(C(=O)O)c(N)cn2)cc1. The van der Waals surface area contributed by atoms with E-state index in [0.29, 0.717) is 5.03 Å². The van der Waals surface area contributed by atoms with Crippen molar-refractivity contribution < 1.29 is 9.90 Å². The minimum atomic E-state index is -1.04. The number of anilines is 1. The van der Waals surface area contributed by atoms with Gasteiger partial charge in [0.2, 0.25) is 0 Å². The van der Waals surface area contributed by atoms with E-state index in [2.05, 4.69) is 4.98 Å².